The second-order valence-electron chi connectivity index (χ2n) is 4.76. The molecular formula is C15H11N5O4S. The van der Waals surface area contributed by atoms with E-state index in [1.165, 1.54) is 18.2 Å². The van der Waals surface area contributed by atoms with Crippen molar-refractivity contribution in [1.29, 1.82) is 0 Å². The predicted molar refractivity (Wildman–Crippen MR) is 90.0 cm³/mol. The summed E-state index contributed by atoms with van der Waals surface area (Å²) in [5.41, 5.74) is 0.938. The number of non-ortho nitro benzene ring substituents is 1. The van der Waals surface area contributed by atoms with Crippen LogP contribution in [0.15, 0.2) is 58.4 Å². The number of pyridine rings is 1. The van der Waals surface area contributed by atoms with Crippen LogP contribution < -0.4 is 5.32 Å². The van der Waals surface area contributed by atoms with Crippen molar-refractivity contribution in [3.8, 4) is 11.5 Å². The van der Waals surface area contributed by atoms with E-state index in [4.69, 9.17) is 4.42 Å². The van der Waals surface area contributed by atoms with Gasteiger partial charge in [0.2, 0.25) is 11.8 Å². The summed E-state index contributed by atoms with van der Waals surface area (Å²) in [6, 6.07) is 9.24. The summed E-state index contributed by atoms with van der Waals surface area (Å²) in [4.78, 5) is 26.1. The molecule has 0 saturated heterocycles. The number of nitrogens with zero attached hydrogens (tertiary/aromatic N) is 4. The van der Waals surface area contributed by atoms with Crippen molar-refractivity contribution < 1.29 is 14.1 Å². The molecule has 1 aromatic carbocycles. The summed E-state index contributed by atoms with van der Waals surface area (Å²) in [7, 11) is 0. The second kappa shape index (κ2) is 7.53. The van der Waals surface area contributed by atoms with Gasteiger partial charge in [-0.1, -0.05) is 17.8 Å². The highest BCUT2D eigenvalue weighted by atomic mass is 32.2. The zero-order valence-electron chi connectivity index (χ0n) is 12.7. The van der Waals surface area contributed by atoms with E-state index < -0.39 is 4.92 Å². The maximum absolute atomic E-state index is 11.9. The zero-order valence-corrected chi connectivity index (χ0v) is 13.5. The summed E-state index contributed by atoms with van der Waals surface area (Å²) in [5, 5.41) is 21.3. The quantitative estimate of drug-likeness (QED) is 0.406. The Morgan fingerprint density at radius 1 is 1.28 bits per heavy atom. The van der Waals surface area contributed by atoms with Crippen molar-refractivity contribution in [2.24, 2.45) is 0 Å². The van der Waals surface area contributed by atoms with E-state index in [2.05, 4.69) is 20.5 Å². The Hall–Kier alpha value is -3.27. The fraction of sp³-hybridized carbons (Fsp3) is 0.0667. The van der Waals surface area contributed by atoms with Gasteiger partial charge in [-0.3, -0.25) is 19.9 Å². The van der Waals surface area contributed by atoms with Crippen LogP contribution in [-0.4, -0.2) is 31.8 Å². The maximum Gasteiger partial charge on any atom is 0.277 e. The molecule has 0 aliphatic carbocycles. The van der Waals surface area contributed by atoms with Crippen LogP contribution in [0.1, 0.15) is 0 Å². The van der Waals surface area contributed by atoms with Gasteiger partial charge >= 0.3 is 0 Å². The van der Waals surface area contributed by atoms with Crippen LogP contribution in [0.3, 0.4) is 0 Å². The van der Waals surface area contributed by atoms with Gasteiger partial charge in [-0.25, -0.2) is 0 Å². The minimum atomic E-state index is -0.525. The van der Waals surface area contributed by atoms with Crippen molar-refractivity contribution in [2.75, 3.05) is 11.1 Å². The summed E-state index contributed by atoms with van der Waals surface area (Å²) in [6.07, 6.45) is 3.23. The first kappa shape index (κ1) is 16.6. The van der Waals surface area contributed by atoms with Crippen LogP contribution in [0.2, 0.25) is 0 Å². The van der Waals surface area contributed by atoms with E-state index in [-0.39, 0.29) is 22.6 Å². The lowest BCUT2D eigenvalue weighted by Crippen LogP contribution is -2.14. The number of carbonyl (C=O) groups is 1. The Balaban J connectivity index is 1.57. The molecule has 0 bridgehead atoms. The highest BCUT2D eigenvalue weighted by Crippen LogP contribution is 2.23. The normalized spacial score (nSPS) is 10.4. The van der Waals surface area contributed by atoms with E-state index >= 15 is 0 Å². The second-order valence-corrected chi connectivity index (χ2v) is 5.69. The molecule has 25 heavy (non-hydrogen) atoms. The number of rotatable bonds is 6. The van der Waals surface area contributed by atoms with Gasteiger partial charge in [0.1, 0.15) is 0 Å². The molecule has 0 aliphatic heterocycles. The molecule has 3 rings (SSSR count). The molecule has 0 saturated carbocycles. The molecule has 9 nitrogen and oxygen atoms in total. The fourth-order valence-electron chi connectivity index (χ4n) is 1.90. The van der Waals surface area contributed by atoms with Crippen molar-refractivity contribution in [2.45, 2.75) is 5.22 Å². The van der Waals surface area contributed by atoms with E-state index in [0.29, 0.717) is 17.1 Å². The SMILES string of the molecule is O=C(CSc1nnc(-c2cccnc2)o1)Nc1cccc([N+](=O)[O-])c1. The summed E-state index contributed by atoms with van der Waals surface area (Å²) >= 11 is 1.07. The molecule has 0 aliphatic rings. The molecule has 1 N–H and O–H groups in total. The Morgan fingerprint density at radius 3 is 2.92 bits per heavy atom. The number of amides is 1. The third-order valence-corrected chi connectivity index (χ3v) is 3.80. The van der Waals surface area contributed by atoms with E-state index in [9.17, 15) is 14.9 Å². The van der Waals surface area contributed by atoms with E-state index in [1.54, 1.807) is 30.6 Å². The van der Waals surface area contributed by atoms with Crippen LogP contribution in [0, 0.1) is 10.1 Å². The number of thioether (sulfide) groups is 1. The van der Waals surface area contributed by atoms with E-state index in [1.807, 2.05) is 0 Å². The molecule has 1 amide bonds. The lowest BCUT2D eigenvalue weighted by molar-refractivity contribution is -0.384. The van der Waals surface area contributed by atoms with Gasteiger partial charge in [0.05, 0.1) is 16.2 Å². The largest absolute Gasteiger partial charge is 0.411 e. The first-order valence-corrected chi connectivity index (χ1v) is 8.01. The Bertz CT molecular complexity index is 900. The van der Waals surface area contributed by atoms with Crippen LogP contribution >= 0.6 is 11.8 Å². The number of aromatic nitrogens is 3. The molecule has 3 aromatic rings. The first-order chi connectivity index (χ1) is 12.1. The Kier molecular flexibility index (Phi) is 5.00. The maximum atomic E-state index is 11.9. The van der Waals surface area contributed by atoms with Crippen molar-refractivity contribution in [1.82, 2.24) is 15.2 Å². The molecule has 126 valence electrons. The van der Waals surface area contributed by atoms with E-state index in [0.717, 1.165) is 11.8 Å². The average molecular weight is 357 g/mol. The molecule has 10 heteroatoms. The van der Waals surface area contributed by atoms with Crippen molar-refractivity contribution in [3.63, 3.8) is 0 Å². The van der Waals surface area contributed by atoms with Gasteiger partial charge in [0.25, 0.3) is 10.9 Å². The van der Waals surface area contributed by atoms with Gasteiger partial charge in [0.15, 0.2) is 0 Å². The van der Waals surface area contributed by atoms with Crippen molar-refractivity contribution >= 4 is 29.0 Å². The number of anilines is 1. The fourth-order valence-corrected chi connectivity index (χ4v) is 2.46. The number of nitro benzene ring substituents is 1. The van der Waals surface area contributed by atoms with Crippen molar-refractivity contribution in [3.05, 3.63) is 58.9 Å². The number of nitro groups is 1. The predicted octanol–water partition coefficient (Wildman–Crippen LogP) is 2.77. The highest BCUT2D eigenvalue weighted by molar-refractivity contribution is 7.99. The molecular weight excluding hydrogens is 346 g/mol. The zero-order chi connectivity index (χ0) is 17.6. The molecule has 0 spiro atoms. The molecule has 0 atom stereocenters. The van der Waals surface area contributed by atoms with Gasteiger partial charge in [-0.15, -0.1) is 10.2 Å². The minimum absolute atomic E-state index is 0.0252. The third kappa shape index (κ3) is 4.38. The number of nitrogens with one attached hydrogen (secondary N) is 1. The number of benzene rings is 1. The number of hydrogen-bond acceptors (Lipinski definition) is 8. The van der Waals surface area contributed by atoms with Gasteiger partial charge in [-0.05, 0) is 18.2 Å². The molecule has 2 heterocycles. The Morgan fingerprint density at radius 2 is 2.16 bits per heavy atom. The van der Waals surface area contributed by atoms with Crippen LogP contribution in [0.25, 0.3) is 11.5 Å². The average Bonchev–Trinajstić information content (AvgIpc) is 3.10. The molecule has 2 aromatic heterocycles. The number of carbonyl (C=O) groups excluding carboxylic acids is 1. The standard InChI is InChI=1S/C15H11N5O4S/c21-13(17-11-4-1-5-12(7-11)20(22)23)9-25-15-19-18-14(24-15)10-3-2-6-16-8-10/h1-8H,9H2,(H,17,21). The summed E-state index contributed by atoms with van der Waals surface area (Å²) in [6.45, 7) is 0. The highest BCUT2D eigenvalue weighted by Gasteiger charge is 2.12. The molecule has 0 radical (unpaired) electrons. The lowest BCUT2D eigenvalue weighted by Gasteiger charge is -2.03. The Labute approximate surface area is 145 Å². The van der Waals surface area contributed by atoms with Gasteiger partial charge < -0.3 is 9.73 Å². The smallest absolute Gasteiger partial charge is 0.277 e. The number of hydrogen-bond donors (Lipinski definition) is 1. The van der Waals surface area contributed by atoms with Gasteiger partial charge in [-0.2, -0.15) is 0 Å². The lowest BCUT2D eigenvalue weighted by atomic mass is 10.3. The van der Waals surface area contributed by atoms with Crippen LogP contribution in [-0.2, 0) is 4.79 Å². The minimum Gasteiger partial charge on any atom is -0.411 e. The summed E-state index contributed by atoms with van der Waals surface area (Å²) < 4.78 is 5.45. The van der Waals surface area contributed by atoms with Crippen LogP contribution in [0.4, 0.5) is 11.4 Å². The molecule has 0 fully saturated rings. The molecule has 0 unspecified atom stereocenters. The van der Waals surface area contributed by atoms with Gasteiger partial charge in [0, 0.05) is 30.2 Å². The van der Waals surface area contributed by atoms with Crippen LogP contribution in [0.5, 0.6) is 0 Å². The summed E-state index contributed by atoms with van der Waals surface area (Å²) in [5.74, 6) is -0.00139. The third-order valence-electron chi connectivity index (χ3n) is 2.98. The topological polar surface area (TPSA) is 124 Å². The monoisotopic (exact) mass is 357 g/mol. The first-order valence-electron chi connectivity index (χ1n) is 7.03.